The van der Waals surface area contributed by atoms with Gasteiger partial charge >= 0.3 is 5.97 Å². The first kappa shape index (κ1) is 23.6. The Hall–Kier alpha value is -2.51. The Labute approximate surface area is 200 Å². The summed E-state index contributed by atoms with van der Waals surface area (Å²) < 4.78 is 34.3. The summed E-state index contributed by atoms with van der Waals surface area (Å²) in [4.78, 5) is 13.5. The van der Waals surface area contributed by atoms with Crippen molar-refractivity contribution in [2.75, 3.05) is 13.1 Å². The van der Waals surface area contributed by atoms with E-state index in [9.17, 15) is 14.3 Å². The van der Waals surface area contributed by atoms with E-state index in [1.807, 2.05) is 29.2 Å². The Balaban J connectivity index is 1.72. The van der Waals surface area contributed by atoms with E-state index >= 15 is 4.39 Å². The Morgan fingerprint density at radius 1 is 1.03 bits per heavy atom. The first-order valence-corrected chi connectivity index (χ1v) is 11.0. The lowest BCUT2D eigenvalue weighted by Crippen LogP contribution is -2.60. The van der Waals surface area contributed by atoms with Crippen molar-refractivity contribution in [1.82, 2.24) is 4.90 Å². The fraction of sp³-hybridized carbons (Fsp3) is 0.240. The molecular formula is C25H21Cl2F2NO3. The third-order valence-corrected chi connectivity index (χ3v) is 6.30. The van der Waals surface area contributed by atoms with Crippen molar-refractivity contribution in [2.24, 2.45) is 0 Å². The molecule has 1 heterocycles. The second-order valence-corrected chi connectivity index (χ2v) is 9.08. The molecule has 0 aliphatic carbocycles. The van der Waals surface area contributed by atoms with Crippen LogP contribution >= 0.6 is 23.2 Å². The second-order valence-electron chi connectivity index (χ2n) is 8.21. The highest BCUT2D eigenvalue weighted by Crippen LogP contribution is 2.45. The van der Waals surface area contributed by atoms with Crippen LogP contribution in [0.3, 0.4) is 0 Å². The third-order valence-electron chi connectivity index (χ3n) is 5.80. The maximum Gasteiger partial charge on any atom is 0.308 e. The molecule has 0 saturated carbocycles. The molecule has 4 rings (SSSR count). The van der Waals surface area contributed by atoms with Crippen LogP contribution in [0.25, 0.3) is 0 Å². The summed E-state index contributed by atoms with van der Waals surface area (Å²) >= 11 is 12.1. The summed E-state index contributed by atoms with van der Waals surface area (Å²) in [7, 11) is 0. The molecular weight excluding hydrogens is 471 g/mol. The van der Waals surface area contributed by atoms with Gasteiger partial charge in [-0.25, -0.2) is 8.78 Å². The number of carbonyl (C=O) groups excluding carboxylic acids is 1. The Kier molecular flexibility index (Phi) is 6.47. The van der Waals surface area contributed by atoms with E-state index in [2.05, 4.69) is 0 Å². The molecule has 1 N–H and O–H groups in total. The number of β-amino-alcohol motifs (C(OH)–C–C–N with tert-alkyl or cyclic N) is 1. The maximum absolute atomic E-state index is 15.1. The predicted octanol–water partition coefficient (Wildman–Crippen LogP) is 5.80. The van der Waals surface area contributed by atoms with Crippen LogP contribution in [-0.2, 0) is 10.4 Å². The molecule has 1 fully saturated rings. The van der Waals surface area contributed by atoms with Crippen LogP contribution in [0.4, 0.5) is 8.78 Å². The number of nitrogens with zero attached hydrogens (tertiary/aromatic N) is 1. The molecule has 0 spiro atoms. The van der Waals surface area contributed by atoms with Gasteiger partial charge in [-0.15, -0.1) is 0 Å². The van der Waals surface area contributed by atoms with Crippen LogP contribution in [0.2, 0.25) is 10.0 Å². The van der Waals surface area contributed by atoms with Crippen LogP contribution in [0.5, 0.6) is 5.75 Å². The predicted molar refractivity (Wildman–Crippen MR) is 123 cm³/mol. The largest absolute Gasteiger partial charge is 0.426 e. The van der Waals surface area contributed by atoms with E-state index < -0.39 is 23.2 Å². The smallest absolute Gasteiger partial charge is 0.308 e. The van der Waals surface area contributed by atoms with Crippen molar-refractivity contribution in [1.29, 1.82) is 0 Å². The number of benzene rings is 3. The van der Waals surface area contributed by atoms with E-state index in [1.165, 1.54) is 6.92 Å². The van der Waals surface area contributed by atoms with Crippen molar-refractivity contribution in [2.45, 2.75) is 25.5 Å². The lowest BCUT2D eigenvalue weighted by Gasteiger charge is -2.51. The van der Waals surface area contributed by atoms with Crippen molar-refractivity contribution < 1.29 is 23.4 Å². The molecule has 0 aromatic heterocycles. The molecule has 33 heavy (non-hydrogen) atoms. The minimum absolute atomic E-state index is 0.0270. The zero-order valence-electron chi connectivity index (χ0n) is 17.9. The van der Waals surface area contributed by atoms with Gasteiger partial charge in [-0.2, -0.15) is 0 Å². The molecule has 3 aromatic rings. The van der Waals surface area contributed by atoms with Gasteiger partial charge in [-0.05, 0) is 42.3 Å². The first-order valence-electron chi connectivity index (χ1n) is 10.2. The summed E-state index contributed by atoms with van der Waals surface area (Å²) in [5, 5.41) is 12.5. The number of carbonyl (C=O) groups is 1. The molecule has 4 nitrogen and oxygen atoms in total. The van der Waals surface area contributed by atoms with E-state index in [4.69, 9.17) is 27.9 Å². The number of rotatable bonds is 5. The monoisotopic (exact) mass is 491 g/mol. The van der Waals surface area contributed by atoms with Gasteiger partial charge in [-0.3, -0.25) is 9.69 Å². The Bertz CT molecular complexity index is 1150. The summed E-state index contributed by atoms with van der Waals surface area (Å²) in [5.74, 6) is -2.84. The van der Waals surface area contributed by atoms with Crippen molar-refractivity contribution in [3.63, 3.8) is 0 Å². The highest BCUT2D eigenvalue weighted by atomic mass is 35.5. The number of hydrogen-bond acceptors (Lipinski definition) is 4. The SMILES string of the molecule is CC(=O)Oc1cc(F)c(C)c(F)c1C1(O)CN(C(c2ccc(Cl)cc2)c2ccc(Cl)cc2)C1. The van der Waals surface area contributed by atoms with Crippen LogP contribution in [-0.4, -0.2) is 29.1 Å². The molecule has 0 unspecified atom stereocenters. The van der Waals surface area contributed by atoms with Crippen LogP contribution in [0.1, 0.15) is 35.2 Å². The highest BCUT2D eigenvalue weighted by Gasteiger charge is 2.49. The molecule has 3 aromatic carbocycles. The van der Waals surface area contributed by atoms with Gasteiger partial charge in [0.2, 0.25) is 0 Å². The van der Waals surface area contributed by atoms with Crippen molar-refractivity contribution in [3.05, 3.63) is 98.5 Å². The number of aliphatic hydroxyl groups is 1. The molecule has 172 valence electrons. The van der Waals surface area contributed by atoms with Gasteiger partial charge in [0.1, 0.15) is 23.0 Å². The molecule has 0 amide bonds. The van der Waals surface area contributed by atoms with E-state index in [1.54, 1.807) is 24.3 Å². The first-order chi connectivity index (χ1) is 15.6. The van der Waals surface area contributed by atoms with E-state index in [-0.39, 0.29) is 36.0 Å². The fourth-order valence-corrected chi connectivity index (χ4v) is 4.49. The van der Waals surface area contributed by atoms with Gasteiger partial charge in [0.05, 0.1) is 11.6 Å². The Morgan fingerprint density at radius 3 is 1.97 bits per heavy atom. The lowest BCUT2D eigenvalue weighted by molar-refractivity contribution is -0.133. The van der Waals surface area contributed by atoms with Gasteiger partial charge < -0.3 is 9.84 Å². The standard InChI is InChI=1S/C25H21Cl2F2NO3/c1-14-20(28)11-21(33-15(2)31)22(23(14)29)25(32)12-30(13-25)24(16-3-7-18(26)8-4-16)17-5-9-19(27)10-6-17/h3-11,24,32H,12-13H2,1-2H3. The zero-order valence-corrected chi connectivity index (χ0v) is 19.4. The molecule has 1 saturated heterocycles. The average Bonchev–Trinajstić information content (AvgIpc) is 2.73. The average molecular weight is 492 g/mol. The number of hydrogen-bond donors (Lipinski definition) is 1. The van der Waals surface area contributed by atoms with Crippen LogP contribution in [0.15, 0.2) is 54.6 Å². The summed E-state index contributed by atoms with van der Waals surface area (Å²) in [6.07, 6.45) is 0. The number of likely N-dealkylation sites (tertiary alicyclic amines) is 1. The molecule has 0 bridgehead atoms. The summed E-state index contributed by atoms with van der Waals surface area (Å²) in [6, 6.07) is 15.3. The second kappa shape index (κ2) is 9.03. The van der Waals surface area contributed by atoms with Gasteiger partial charge in [0.15, 0.2) is 0 Å². The number of halogens is 4. The normalized spacial score (nSPS) is 15.4. The zero-order chi connectivity index (χ0) is 23.9. The van der Waals surface area contributed by atoms with Gasteiger partial charge in [0, 0.05) is 41.7 Å². The van der Waals surface area contributed by atoms with Crippen molar-refractivity contribution in [3.8, 4) is 5.75 Å². The van der Waals surface area contributed by atoms with Gasteiger partial charge in [-0.1, -0.05) is 47.5 Å². The summed E-state index contributed by atoms with van der Waals surface area (Å²) in [6.45, 7) is 2.46. The molecule has 1 aliphatic heterocycles. The highest BCUT2D eigenvalue weighted by molar-refractivity contribution is 6.30. The van der Waals surface area contributed by atoms with Gasteiger partial charge in [0.25, 0.3) is 0 Å². The fourth-order valence-electron chi connectivity index (χ4n) is 4.24. The van der Waals surface area contributed by atoms with E-state index in [0.717, 1.165) is 24.1 Å². The quantitative estimate of drug-likeness (QED) is 0.362. The molecule has 1 aliphatic rings. The topological polar surface area (TPSA) is 49.8 Å². The number of esters is 1. The van der Waals surface area contributed by atoms with Crippen molar-refractivity contribution >= 4 is 29.2 Å². The molecule has 8 heteroatoms. The molecule has 0 atom stereocenters. The minimum Gasteiger partial charge on any atom is -0.426 e. The molecule has 0 radical (unpaired) electrons. The summed E-state index contributed by atoms with van der Waals surface area (Å²) in [5.41, 5.74) is -0.317. The van der Waals surface area contributed by atoms with Crippen LogP contribution in [0, 0.1) is 18.6 Å². The van der Waals surface area contributed by atoms with E-state index in [0.29, 0.717) is 10.0 Å². The maximum atomic E-state index is 15.1. The Morgan fingerprint density at radius 2 is 1.52 bits per heavy atom. The minimum atomic E-state index is -1.68. The lowest BCUT2D eigenvalue weighted by atomic mass is 9.81. The number of ether oxygens (including phenoxy) is 1. The van der Waals surface area contributed by atoms with Crippen LogP contribution < -0.4 is 4.74 Å². The third kappa shape index (κ3) is 4.62.